The van der Waals surface area contributed by atoms with Gasteiger partial charge in [0.2, 0.25) is 0 Å². The molecule has 0 aliphatic heterocycles. The first-order valence-corrected chi connectivity index (χ1v) is 6.12. The van der Waals surface area contributed by atoms with Gasteiger partial charge in [0.25, 0.3) is 0 Å². The molecule has 0 aliphatic rings. The van der Waals surface area contributed by atoms with Crippen molar-refractivity contribution in [2.24, 2.45) is 4.99 Å². The van der Waals surface area contributed by atoms with Crippen molar-refractivity contribution in [3.8, 4) is 0 Å². The third-order valence-electron chi connectivity index (χ3n) is 1.88. The Morgan fingerprint density at radius 1 is 1.38 bits per heavy atom. The van der Waals surface area contributed by atoms with Gasteiger partial charge in [-0.25, -0.2) is 0 Å². The van der Waals surface area contributed by atoms with Crippen LogP contribution < -0.4 is 0 Å². The average Bonchev–Trinajstić information content (AvgIpc) is 2.84. The van der Waals surface area contributed by atoms with Crippen molar-refractivity contribution in [3.63, 3.8) is 0 Å². The summed E-state index contributed by atoms with van der Waals surface area (Å²) in [7, 11) is 0. The minimum absolute atomic E-state index is 0.803. The van der Waals surface area contributed by atoms with E-state index in [-0.39, 0.29) is 0 Å². The Hall–Kier alpha value is -1.31. The molecule has 0 atom stereocenters. The van der Waals surface area contributed by atoms with Gasteiger partial charge in [0, 0.05) is 12.1 Å². The Labute approximate surface area is 99.1 Å². The minimum atomic E-state index is 0.803. The quantitative estimate of drug-likeness (QED) is 0.673. The zero-order chi connectivity index (χ0) is 12.2. The van der Waals surface area contributed by atoms with Gasteiger partial charge >= 0.3 is 0 Å². The summed E-state index contributed by atoms with van der Waals surface area (Å²) in [6, 6.07) is 1.94. The van der Waals surface area contributed by atoms with Crippen molar-refractivity contribution in [2.75, 3.05) is 6.54 Å². The second-order valence-electron chi connectivity index (χ2n) is 3.06. The van der Waals surface area contributed by atoms with Crippen LogP contribution in [0.4, 0.5) is 0 Å². The summed E-state index contributed by atoms with van der Waals surface area (Å²) in [5, 5.41) is 0. The van der Waals surface area contributed by atoms with Crippen molar-refractivity contribution < 1.29 is 4.42 Å². The molecule has 0 spiro atoms. The fraction of sp³-hybridized carbons (Fsp3) is 0.500. The third kappa shape index (κ3) is 5.54. The molecule has 0 unspecified atom stereocenters. The van der Waals surface area contributed by atoms with E-state index in [4.69, 9.17) is 4.42 Å². The van der Waals surface area contributed by atoms with E-state index in [1.165, 1.54) is 6.42 Å². The molecule has 1 heterocycles. The number of rotatable bonds is 5. The topological polar surface area (TPSA) is 25.5 Å². The molecule has 0 aromatic carbocycles. The SMILES string of the molecule is CC.CCC/C=C\C(=NCC)c1ccoc1. The summed E-state index contributed by atoms with van der Waals surface area (Å²) in [5.74, 6) is 0. The molecule has 90 valence electrons. The molecule has 0 bridgehead atoms. The van der Waals surface area contributed by atoms with E-state index < -0.39 is 0 Å². The van der Waals surface area contributed by atoms with Crippen LogP contribution >= 0.6 is 0 Å². The summed E-state index contributed by atoms with van der Waals surface area (Å²) in [5.41, 5.74) is 2.06. The van der Waals surface area contributed by atoms with Gasteiger partial charge in [-0.1, -0.05) is 33.3 Å². The molecule has 0 amide bonds. The molecular formula is C14H23NO. The predicted octanol–water partition coefficient (Wildman–Crippen LogP) is 4.47. The first-order chi connectivity index (χ1) is 7.88. The van der Waals surface area contributed by atoms with Gasteiger partial charge in [0.05, 0.1) is 18.2 Å². The Bertz CT molecular complexity index is 297. The highest BCUT2D eigenvalue weighted by atomic mass is 16.3. The fourth-order valence-electron chi connectivity index (χ4n) is 1.18. The van der Waals surface area contributed by atoms with Crippen LogP contribution in [0.15, 0.2) is 40.2 Å². The van der Waals surface area contributed by atoms with Crippen LogP contribution in [0.5, 0.6) is 0 Å². The molecule has 0 radical (unpaired) electrons. The summed E-state index contributed by atoms with van der Waals surface area (Å²) in [6.45, 7) is 9.00. The zero-order valence-corrected chi connectivity index (χ0v) is 10.9. The summed E-state index contributed by atoms with van der Waals surface area (Å²) in [4.78, 5) is 4.41. The van der Waals surface area contributed by atoms with E-state index >= 15 is 0 Å². The van der Waals surface area contributed by atoms with Crippen molar-refractivity contribution in [2.45, 2.75) is 40.5 Å². The number of nitrogens with zero attached hydrogens (tertiary/aromatic N) is 1. The van der Waals surface area contributed by atoms with E-state index in [2.05, 4.69) is 24.1 Å². The number of hydrogen-bond acceptors (Lipinski definition) is 2. The van der Waals surface area contributed by atoms with Gasteiger partial charge in [0.15, 0.2) is 0 Å². The van der Waals surface area contributed by atoms with Gasteiger partial charge in [0.1, 0.15) is 0 Å². The summed E-state index contributed by atoms with van der Waals surface area (Å²) >= 11 is 0. The molecule has 2 nitrogen and oxygen atoms in total. The first-order valence-electron chi connectivity index (χ1n) is 6.12. The largest absolute Gasteiger partial charge is 0.472 e. The molecule has 0 N–H and O–H groups in total. The lowest BCUT2D eigenvalue weighted by atomic mass is 10.2. The Kier molecular flexibility index (Phi) is 9.38. The second kappa shape index (κ2) is 10.2. The van der Waals surface area contributed by atoms with Gasteiger partial charge in [-0.2, -0.15) is 0 Å². The molecule has 1 rings (SSSR count). The predicted molar refractivity (Wildman–Crippen MR) is 71.2 cm³/mol. The third-order valence-corrected chi connectivity index (χ3v) is 1.88. The monoisotopic (exact) mass is 221 g/mol. The Morgan fingerprint density at radius 2 is 2.12 bits per heavy atom. The highest BCUT2D eigenvalue weighted by molar-refractivity contribution is 6.08. The van der Waals surface area contributed by atoms with Crippen molar-refractivity contribution in [1.29, 1.82) is 0 Å². The molecule has 1 aromatic rings. The lowest BCUT2D eigenvalue weighted by Crippen LogP contribution is -1.95. The van der Waals surface area contributed by atoms with E-state index in [0.29, 0.717) is 0 Å². The smallest absolute Gasteiger partial charge is 0.0996 e. The van der Waals surface area contributed by atoms with Crippen LogP contribution in [-0.4, -0.2) is 12.3 Å². The van der Waals surface area contributed by atoms with Crippen LogP contribution in [0.25, 0.3) is 0 Å². The summed E-state index contributed by atoms with van der Waals surface area (Å²) in [6.07, 6.45) is 9.89. The van der Waals surface area contributed by atoms with E-state index in [1.54, 1.807) is 12.5 Å². The number of hydrogen-bond donors (Lipinski definition) is 0. The molecule has 0 saturated heterocycles. The van der Waals surface area contributed by atoms with Gasteiger partial charge in [-0.05, 0) is 25.5 Å². The van der Waals surface area contributed by atoms with Gasteiger partial charge in [-0.15, -0.1) is 0 Å². The molecule has 1 aromatic heterocycles. The van der Waals surface area contributed by atoms with Crippen molar-refractivity contribution in [3.05, 3.63) is 36.3 Å². The standard InChI is InChI=1S/C12H17NO.C2H6/c1-3-5-6-7-12(13-4-2)11-8-9-14-10-11;1-2/h6-10H,3-5H2,1-2H3;1-2H3/b7-6-,13-12?;. The first kappa shape index (κ1) is 14.7. The molecule has 2 heteroatoms. The van der Waals surface area contributed by atoms with Gasteiger partial charge < -0.3 is 4.42 Å². The number of aliphatic imine (C=N–C) groups is 1. The van der Waals surface area contributed by atoms with Gasteiger partial charge in [-0.3, -0.25) is 4.99 Å². The Morgan fingerprint density at radius 3 is 2.62 bits per heavy atom. The van der Waals surface area contributed by atoms with E-state index in [0.717, 1.165) is 24.2 Å². The number of unbranched alkanes of at least 4 members (excludes halogenated alkanes) is 1. The van der Waals surface area contributed by atoms with Crippen LogP contribution in [0.2, 0.25) is 0 Å². The highest BCUT2D eigenvalue weighted by Crippen LogP contribution is 2.04. The normalized spacial score (nSPS) is 11.4. The molecule has 16 heavy (non-hydrogen) atoms. The zero-order valence-electron chi connectivity index (χ0n) is 10.9. The molecule has 0 aliphatic carbocycles. The number of allylic oxidation sites excluding steroid dienone is 2. The van der Waals surface area contributed by atoms with E-state index in [9.17, 15) is 0 Å². The maximum absolute atomic E-state index is 5.03. The lowest BCUT2D eigenvalue weighted by molar-refractivity contribution is 0.567. The number of furan rings is 1. The average molecular weight is 221 g/mol. The molecule has 0 fully saturated rings. The minimum Gasteiger partial charge on any atom is -0.472 e. The van der Waals surface area contributed by atoms with Crippen LogP contribution in [0, 0.1) is 0 Å². The Balaban J connectivity index is 0.00000106. The maximum Gasteiger partial charge on any atom is 0.0996 e. The van der Waals surface area contributed by atoms with Crippen LogP contribution in [0.3, 0.4) is 0 Å². The van der Waals surface area contributed by atoms with E-state index in [1.807, 2.05) is 26.8 Å². The van der Waals surface area contributed by atoms with Crippen LogP contribution in [0.1, 0.15) is 46.1 Å². The second-order valence-corrected chi connectivity index (χ2v) is 3.06. The fourth-order valence-corrected chi connectivity index (χ4v) is 1.18. The van der Waals surface area contributed by atoms with Crippen LogP contribution in [-0.2, 0) is 0 Å². The summed E-state index contributed by atoms with van der Waals surface area (Å²) < 4.78 is 5.03. The lowest BCUT2D eigenvalue weighted by Gasteiger charge is -1.95. The maximum atomic E-state index is 5.03. The molecular weight excluding hydrogens is 198 g/mol. The highest BCUT2D eigenvalue weighted by Gasteiger charge is 1.99. The van der Waals surface area contributed by atoms with Crippen molar-refractivity contribution >= 4 is 5.71 Å². The van der Waals surface area contributed by atoms with Crippen molar-refractivity contribution in [1.82, 2.24) is 0 Å². The molecule has 0 saturated carbocycles.